The van der Waals surface area contributed by atoms with E-state index in [0.29, 0.717) is 25.7 Å². The highest BCUT2D eigenvalue weighted by Gasteiger charge is 2.27. The summed E-state index contributed by atoms with van der Waals surface area (Å²) in [5.74, 6) is -0.566. The van der Waals surface area contributed by atoms with E-state index >= 15 is 0 Å². The maximum atomic E-state index is 11.7. The Labute approximate surface area is 95.4 Å². The number of amides is 1. The van der Waals surface area contributed by atoms with Crippen molar-refractivity contribution in [2.45, 2.75) is 26.2 Å². The van der Waals surface area contributed by atoms with Gasteiger partial charge in [-0.2, -0.15) is 0 Å². The molecule has 1 N–H and O–H groups in total. The van der Waals surface area contributed by atoms with Crippen LogP contribution in [0.5, 0.6) is 0 Å². The summed E-state index contributed by atoms with van der Waals surface area (Å²) in [6.45, 7) is 3.20. The van der Waals surface area contributed by atoms with Crippen LogP contribution in [0.25, 0.3) is 0 Å². The Morgan fingerprint density at radius 1 is 1.44 bits per heavy atom. The topological polar surface area (TPSA) is 66.8 Å². The molecule has 5 heteroatoms. The molecule has 0 bridgehead atoms. The summed E-state index contributed by atoms with van der Waals surface area (Å²) in [6.07, 6.45) is 2.48. The Hall–Kier alpha value is -1.10. The molecular formula is C11H19NO4. The molecule has 1 aliphatic rings. The van der Waals surface area contributed by atoms with Gasteiger partial charge in [-0.15, -0.1) is 0 Å². The van der Waals surface area contributed by atoms with E-state index in [0.717, 1.165) is 12.8 Å². The van der Waals surface area contributed by atoms with Crippen LogP contribution < -0.4 is 0 Å². The average Bonchev–Trinajstić information content (AvgIpc) is 3.00. The fraction of sp³-hybridized carbons (Fsp3) is 0.818. The number of rotatable bonds is 8. The van der Waals surface area contributed by atoms with Crippen molar-refractivity contribution in [2.24, 2.45) is 5.92 Å². The molecule has 1 rings (SSSR count). The molecule has 92 valence electrons. The molecule has 1 amide bonds. The van der Waals surface area contributed by atoms with Gasteiger partial charge in [-0.3, -0.25) is 9.59 Å². The number of hydrogen-bond acceptors (Lipinski definition) is 3. The van der Waals surface area contributed by atoms with Crippen LogP contribution in [0.2, 0.25) is 0 Å². The highest BCUT2D eigenvalue weighted by molar-refractivity contribution is 5.81. The maximum absolute atomic E-state index is 11.7. The van der Waals surface area contributed by atoms with Gasteiger partial charge < -0.3 is 14.7 Å². The van der Waals surface area contributed by atoms with Gasteiger partial charge in [-0.1, -0.05) is 0 Å². The molecule has 5 nitrogen and oxygen atoms in total. The van der Waals surface area contributed by atoms with Crippen molar-refractivity contribution in [1.82, 2.24) is 4.90 Å². The number of nitrogens with zero attached hydrogens (tertiary/aromatic N) is 1. The lowest BCUT2D eigenvalue weighted by Gasteiger charge is -2.20. The van der Waals surface area contributed by atoms with Crippen molar-refractivity contribution >= 4 is 11.9 Å². The second-order valence-electron chi connectivity index (χ2n) is 4.06. The second kappa shape index (κ2) is 6.48. The van der Waals surface area contributed by atoms with E-state index in [4.69, 9.17) is 9.84 Å². The van der Waals surface area contributed by atoms with Gasteiger partial charge in [0.05, 0.1) is 13.0 Å². The van der Waals surface area contributed by atoms with Crippen LogP contribution in [-0.4, -0.2) is 48.2 Å². The number of carbonyl (C=O) groups is 2. The van der Waals surface area contributed by atoms with Crippen LogP contribution in [0.1, 0.15) is 26.2 Å². The summed E-state index contributed by atoms with van der Waals surface area (Å²) >= 11 is 0. The lowest BCUT2D eigenvalue weighted by atomic mass is 10.3. The van der Waals surface area contributed by atoms with E-state index in [9.17, 15) is 9.59 Å². The molecule has 0 aliphatic heterocycles. The molecule has 0 unspecified atom stereocenters. The minimum atomic E-state index is -0.953. The van der Waals surface area contributed by atoms with E-state index < -0.39 is 5.97 Å². The summed E-state index contributed by atoms with van der Waals surface area (Å²) in [6, 6.07) is 0. The number of carbonyl (C=O) groups excluding carboxylic acids is 1. The second-order valence-corrected chi connectivity index (χ2v) is 4.06. The molecule has 16 heavy (non-hydrogen) atoms. The van der Waals surface area contributed by atoms with Crippen molar-refractivity contribution in [3.8, 4) is 0 Å². The fourth-order valence-electron chi connectivity index (χ4n) is 1.49. The zero-order valence-electron chi connectivity index (χ0n) is 9.65. The molecule has 0 radical (unpaired) electrons. The predicted octanol–water partition coefficient (Wildman–Crippen LogP) is 0.736. The molecule has 0 spiro atoms. The molecule has 1 saturated carbocycles. The molecule has 0 aromatic heterocycles. The Bertz CT molecular complexity index is 250. The zero-order chi connectivity index (χ0) is 12.0. The summed E-state index contributed by atoms with van der Waals surface area (Å²) in [5.41, 5.74) is 0. The number of hydrogen-bond donors (Lipinski definition) is 1. The van der Waals surface area contributed by atoms with E-state index in [2.05, 4.69) is 0 Å². The summed E-state index contributed by atoms with van der Waals surface area (Å²) in [4.78, 5) is 23.7. The first-order chi connectivity index (χ1) is 7.63. The normalized spacial score (nSPS) is 14.8. The number of aliphatic carboxylic acids is 1. The standard InChI is InChI=1S/C11H19NO4/c1-2-16-6-5-10(13)12(8-11(14)15)7-9-3-4-9/h9H,2-8H2,1H3,(H,14,15). The SMILES string of the molecule is CCOCCC(=O)N(CC(=O)O)CC1CC1. The molecule has 1 fully saturated rings. The highest BCUT2D eigenvalue weighted by atomic mass is 16.5. The van der Waals surface area contributed by atoms with E-state index in [-0.39, 0.29) is 18.9 Å². The van der Waals surface area contributed by atoms with Crippen molar-refractivity contribution in [2.75, 3.05) is 26.3 Å². The van der Waals surface area contributed by atoms with Crippen LogP contribution in [0, 0.1) is 5.92 Å². The maximum Gasteiger partial charge on any atom is 0.323 e. The van der Waals surface area contributed by atoms with Gasteiger partial charge in [-0.05, 0) is 25.7 Å². The first kappa shape index (κ1) is 13.0. The molecule has 0 saturated heterocycles. The first-order valence-electron chi connectivity index (χ1n) is 5.70. The van der Waals surface area contributed by atoms with Gasteiger partial charge in [0, 0.05) is 13.2 Å². The summed E-state index contributed by atoms with van der Waals surface area (Å²) in [7, 11) is 0. The Kier molecular flexibility index (Phi) is 5.25. The first-order valence-corrected chi connectivity index (χ1v) is 5.70. The average molecular weight is 229 g/mol. The van der Waals surface area contributed by atoms with Gasteiger partial charge in [0.2, 0.25) is 5.91 Å². The summed E-state index contributed by atoms with van der Waals surface area (Å²) < 4.78 is 5.08. The minimum Gasteiger partial charge on any atom is -0.480 e. The van der Waals surface area contributed by atoms with Gasteiger partial charge in [-0.25, -0.2) is 0 Å². The zero-order valence-corrected chi connectivity index (χ0v) is 9.65. The lowest BCUT2D eigenvalue weighted by Crippen LogP contribution is -2.37. The third-order valence-corrected chi connectivity index (χ3v) is 2.52. The van der Waals surface area contributed by atoms with Crippen molar-refractivity contribution in [3.05, 3.63) is 0 Å². The molecule has 0 atom stereocenters. The van der Waals surface area contributed by atoms with Crippen molar-refractivity contribution < 1.29 is 19.4 Å². The molecular weight excluding hydrogens is 210 g/mol. The Morgan fingerprint density at radius 2 is 2.12 bits per heavy atom. The minimum absolute atomic E-state index is 0.122. The predicted molar refractivity (Wildman–Crippen MR) is 58.0 cm³/mol. The van der Waals surface area contributed by atoms with Gasteiger partial charge >= 0.3 is 5.97 Å². The Morgan fingerprint density at radius 3 is 2.62 bits per heavy atom. The molecule has 0 aromatic rings. The molecule has 1 aliphatic carbocycles. The van der Waals surface area contributed by atoms with Gasteiger partial charge in [0.1, 0.15) is 6.54 Å². The van der Waals surface area contributed by atoms with Crippen LogP contribution in [-0.2, 0) is 14.3 Å². The van der Waals surface area contributed by atoms with Crippen LogP contribution in [0.4, 0.5) is 0 Å². The lowest BCUT2D eigenvalue weighted by molar-refractivity contribution is -0.145. The van der Waals surface area contributed by atoms with Crippen molar-refractivity contribution in [3.63, 3.8) is 0 Å². The summed E-state index contributed by atoms with van der Waals surface area (Å²) in [5, 5.41) is 8.71. The largest absolute Gasteiger partial charge is 0.480 e. The highest BCUT2D eigenvalue weighted by Crippen LogP contribution is 2.29. The van der Waals surface area contributed by atoms with Crippen molar-refractivity contribution in [1.29, 1.82) is 0 Å². The van der Waals surface area contributed by atoms with Crippen LogP contribution >= 0.6 is 0 Å². The third kappa shape index (κ3) is 5.11. The molecule has 0 aromatic carbocycles. The van der Waals surface area contributed by atoms with E-state index in [1.54, 1.807) is 0 Å². The quantitative estimate of drug-likeness (QED) is 0.623. The van der Waals surface area contributed by atoms with E-state index in [1.165, 1.54) is 4.90 Å². The Balaban J connectivity index is 2.33. The van der Waals surface area contributed by atoms with Gasteiger partial charge in [0.25, 0.3) is 0 Å². The number of carboxylic acids is 1. The number of carboxylic acid groups (broad SMARTS) is 1. The smallest absolute Gasteiger partial charge is 0.323 e. The van der Waals surface area contributed by atoms with E-state index in [1.807, 2.05) is 6.92 Å². The number of ether oxygens (including phenoxy) is 1. The third-order valence-electron chi connectivity index (χ3n) is 2.52. The monoisotopic (exact) mass is 229 g/mol. The van der Waals surface area contributed by atoms with Crippen LogP contribution in [0.3, 0.4) is 0 Å². The van der Waals surface area contributed by atoms with Crippen LogP contribution in [0.15, 0.2) is 0 Å². The molecule has 0 heterocycles. The fourth-order valence-corrected chi connectivity index (χ4v) is 1.49. The van der Waals surface area contributed by atoms with Gasteiger partial charge in [0.15, 0.2) is 0 Å².